The number of ether oxygens (including phenoxy) is 2. The Hall–Kier alpha value is -2.52. The van der Waals surface area contributed by atoms with E-state index in [0.29, 0.717) is 20.8 Å². The van der Waals surface area contributed by atoms with Gasteiger partial charge >= 0.3 is 0 Å². The zero-order chi connectivity index (χ0) is 17.1. The van der Waals surface area contributed by atoms with Gasteiger partial charge in [0.2, 0.25) is 10.9 Å². The molecule has 0 atom stereocenters. The number of amidine groups is 1. The zero-order valence-electron chi connectivity index (χ0n) is 12.8. The van der Waals surface area contributed by atoms with Crippen LogP contribution < -0.4 is 14.8 Å². The molecule has 9 heteroatoms. The summed E-state index contributed by atoms with van der Waals surface area (Å²) in [6, 6.07) is 3.24. The number of thioether (sulfide) groups is 1. The van der Waals surface area contributed by atoms with Crippen molar-refractivity contribution in [3.05, 3.63) is 34.2 Å². The second kappa shape index (κ2) is 6.93. The molecule has 0 spiro atoms. The highest BCUT2D eigenvalue weighted by atomic mass is 32.2. The summed E-state index contributed by atoms with van der Waals surface area (Å²) < 4.78 is 10.2. The molecule has 0 saturated carbocycles. The molecule has 2 heterocycles. The SMILES string of the molecule is COc1cc(/C=C2\SC(=Nc3nccs3)NC2=O)cc(OC)c1O. The number of carbonyl (C=O) groups is 1. The van der Waals surface area contributed by atoms with Crippen LogP contribution in [0.15, 0.2) is 33.6 Å². The lowest BCUT2D eigenvalue weighted by atomic mass is 10.1. The molecule has 0 aliphatic carbocycles. The topological polar surface area (TPSA) is 93.0 Å². The van der Waals surface area contributed by atoms with Crippen molar-refractivity contribution in [2.75, 3.05) is 14.2 Å². The normalized spacial score (nSPS) is 17.3. The first-order valence-electron chi connectivity index (χ1n) is 6.74. The second-order valence-corrected chi connectivity index (χ2v) is 6.47. The lowest BCUT2D eigenvalue weighted by molar-refractivity contribution is -0.115. The molecule has 124 valence electrons. The van der Waals surface area contributed by atoms with Crippen molar-refractivity contribution in [2.45, 2.75) is 0 Å². The average Bonchev–Trinajstić information content (AvgIpc) is 3.19. The molecule has 7 nitrogen and oxygen atoms in total. The number of hydrogen-bond acceptors (Lipinski definition) is 8. The number of thiazole rings is 1. The molecule has 3 rings (SSSR count). The van der Waals surface area contributed by atoms with E-state index in [0.717, 1.165) is 0 Å². The number of benzene rings is 1. The first kappa shape index (κ1) is 16.3. The molecule has 0 bridgehead atoms. The zero-order valence-corrected chi connectivity index (χ0v) is 14.4. The van der Waals surface area contributed by atoms with Gasteiger partial charge in [0, 0.05) is 11.6 Å². The fourth-order valence-electron chi connectivity index (χ4n) is 1.99. The summed E-state index contributed by atoms with van der Waals surface area (Å²) in [5, 5.41) is 15.5. The molecule has 0 unspecified atom stereocenters. The largest absolute Gasteiger partial charge is 0.502 e. The molecule has 1 aromatic carbocycles. The van der Waals surface area contributed by atoms with E-state index in [1.807, 2.05) is 5.38 Å². The minimum Gasteiger partial charge on any atom is -0.502 e. The van der Waals surface area contributed by atoms with Gasteiger partial charge in [0.15, 0.2) is 16.7 Å². The van der Waals surface area contributed by atoms with Crippen LogP contribution in [-0.4, -0.2) is 35.4 Å². The number of phenolic OH excluding ortho intramolecular Hbond substituents is 1. The first-order chi connectivity index (χ1) is 11.6. The Balaban J connectivity index is 1.90. The third-order valence-electron chi connectivity index (χ3n) is 3.07. The van der Waals surface area contributed by atoms with Crippen LogP contribution in [0.5, 0.6) is 17.2 Å². The Morgan fingerprint density at radius 2 is 2.00 bits per heavy atom. The molecule has 24 heavy (non-hydrogen) atoms. The molecule has 1 aliphatic heterocycles. The number of phenols is 1. The van der Waals surface area contributed by atoms with E-state index in [1.165, 1.54) is 37.3 Å². The van der Waals surface area contributed by atoms with Crippen molar-refractivity contribution in [1.29, 1.82) is 0 Å². The number of rotatable bonds is 4. The van der Waals surface area contributed by atoms with Crippen LogP contribution in [0.4, 0.5) is 5.13 Å². The van der Waals surface area contributed by atoms with Crippen LogP contribution in [0.1, 0.15) is 5.56 Å². The van der Waals surface area contributed by atoms with E-state index >= 15 is 0 Å². The van der Waals surface area contributed by atoms with E-state index < -0.39 is 0 Å². The standard InChI is InChI=1S/C15H13N3O4S2/c1-21-9-5-8(6-10(22-2)12(9)19)7-11-13(20)17-15(24-11)18-14-16-3-4-23-14/h3-7,19H,1-2H3,(H,16,17,18,20)/b11-7-. The van der Waals surface area contributed by atoms with Gasteiger partial charge in [-0.3, -0.25) is 4.79 Å². The van der Waals surface area contributed by atoms with Crippen molar-refractivity contribution in [1.82, 2.24) is 10.3 Å². The number of hydrogen-bond donors (Lipinski definition) is 2. The van der Waals surface area contributed by atoms with Crippen LogP contribution in [0.25, 0.3) is 6.08 Å². The van der Waals surface area contributed by atoms with E-state index in [2.05, 4.69) is 15.3 Å². The van der Waals surface area contributed by atoms with E-state index in [9.17, 15) is 9.90 Å². The summed E-state index contributed by atoms with van der Waals surface area (Å²) >= 11 is 2.60. The molecular formula is C15H13N3O4S2. The first-order valence-corrected chi connectivity index (χ1v) is 8.44. The van der Waals surface area contributed by atoms with Crippen molar-refractivity contribution in [3.8, 4) is 17.2 Å². The maximum atomic E-state index is 12.1. The lowest BCUT2D eigenvalue weighted by Crippen LogP contribution is -2.19. The maximum Gasteiger partial charge on any atom is 0.264 e. The Morgan fingerprint density at radius 1 is 1.29 bits per heavy atom. The van der Waals surface area contributed by atoms with Gasteiger partial charge in [0.05, 0.1) is 19.1 Å². The molecule has 2 aromatic rings. The van der Waals surface area contributed by atoms with Crippen molar-refractivity contribution < 1.29 is 19.4 Å². The molecule has 0 radical (unpaired) electrons. The summed E-state index contributed by atoms with van der Waals surface area (Å²) in [5.74, 6) is 0.195. The number of aliphatic imine (C=N–C) groups is 1. The number of aromatic nitrogens is 1. The van der Waals surface area contributed by atoms with Crippen LogP contribution >= 0.6 is 23.1 Å². The third kappa shape index (κ3) is 3.36. The van der Waals surface area contributed by atoms with Gasteiger partial charge in [-0.25, -0.2) is 4.98 Å². The lowest BCUT2D eigenvalue weighted by Gasteiger charge is -2.09. The van der Waals surface area contributed by atoms with Crippen molar-refractivity contribution in [3.63, 3.8) is 0 Å². The number of nitrogens with one attached hydrogen (secondary N) is 1. The predicted octanol–water partition coefficient (Wildman–Crippen LogP) is 2.76. The molecule has 1 amide bonds. The minimum atomic E-state index is -0.249. The smallest absolute Gasteiger partial charge is 0.264 e. The van der Waals surface area contributed by atoms with Crippen LogP contribution in [-0.2, 0) is 4.79 Å². The van der Waals surface area contributed by atoms with E-state index in [1.54, 1.807) is 24.4 Å². The number of methoxy groups -OCH3 is 2. The molecular weight excluding hydrogens is 350 g/mol. The number of nitrogens with zero attached hydrogens (tertiary/aromatic N) is 2. The van der Waals surface area contributed by atoms with Crippen molar-refractivity contribution in [2.24, 2.45) is 4.99 Å². The number of carbonyl (C=O) groups excluding carboxylic acids is 1. The van der Waals surface area contributed by atoms with Gasteiger partial charge < -0.3 is 19.9 Å². The third-order valence-corrected chi connectivity index (χ3v) is 4.64. The van der Waals surface area contributed by atoms with Gasteiger partial charge in [0.25, 0.3) is 5.91 Å². The molecule has 1 aromatic heterocycles. The Labute approximate surface area is 146 Å². The summed E-state index contributed by atoms with van der Waals surface area (Å²) in [7, 11) is 2.89. The maximum absolute atomic E-state index is 12.1. The Bertz CT molecular complexity index is 806. The Morgan fingerprint density at radius 3 is 2.58 bits per heavy atom. The fourth-order valence-corrected chi connectivity index (χ4v) is 3.38. The second-order valence-electron chi connectivity index (χ2n) is 4.57. The quantitative estimate of drug-likeness (QED) is 0.812. The van der Waals surface area contributed by atoms with E-state index in [-0.39, 0.29) is 23.2 Å². The summed E-state index contributed by atoms with van der Waals surface area (Å²) in [4.78, 5) is 20.9. The summed E-state index contributed by atoms with van der Waals surface area (Å²) in [5.41, 5.74) is 0.662. The van der Waals surface area contributed by atoms with E-state index in [4.69, 9.17) is 9.47 Å². The molecule has 1 fully saturated rings. The number of aromatic hydroxyl groups is 1. The van der Waals surface area contributed by atoms with Crippen LogP contribution in [0.3, 0.4) is 0 Å². The van der Waals surface area contributed by atoms with Gasteiger partial charge in [-0.2, -0.15) is 4.99 Å². The molecule has 2 N–H and O–H groups in total. The van der Waals surface area contributed by atoms with Gasteiger partial charge in [0.1, 0.15) is 0 Å². The predicted molar refractivity (Wildman–Crippen MR) is 94.1 cm³/mol. The van der Waals surface area contributed by atoms with Gasteiger partial charge in [-0.1, -0.05) is 0 Å². The van der Waals surface area contributed by atoms with Gasteiger partial charge in [-0.15, -0.1) is 11.3 Å². The molecule has 1 saturated heterocycles. The summed E-state index contributed by atoms with van der Waals surface area (Å²) in [6.45, 7) is 0. The number of amides is 1. The Kier molecular flexibility index (Phi) is 4.72. The van der Waals surface area contributed by atoms with Crippen LogP contribution in [0.2, 0.25) is 0 Å². The van der Waals surface area contributed by atoms with Gasteiger partial charge in [-0.05, 0) is 35.5 Å². The average molecular weight is 363 g/mol. The highest BCUT2D eigenvalue weighted by molar-refractivity contribution is 8.18. The van der Waals surface area contributed by atoms with Crippen LogP contribution in [0, 0.1) is 0 Å². The highest BCUT2D eigenvalue weighted by Crippen LogP contribution is 2.38. The monoisotopic (exact) mass is 363 g/mol. The van der Waals surface area contributed by atoms with Crippen molar-refractivity contribution >= 4 is 45.4 Å². The molecule has 1 aliphatic rings. The summed E-state index contributed by atoms with van der Waals surface area (Å²) in [6.07, 6.45) is 3.33. The highest BCUT2D eigenvalue weighted by Gasteiger charge is 2.24. The fraction of sp³-hybridized carbons (Fsp3) is 0.133. The minimum absolute atomic E-state index is 0.0864.